The molecule has 138 valence electrons. The van der Waals surface area contributed by atoms with Crippen LogP contribution in [0.1, 0.15) is 42.3 Å². The molecule has 0 saturated heterocycles. The Kier molecular flexibility index (Phi) is 6.89. The molecule has 0 aliphatic heterocycles. The number of rotatable bonds is 7. The van der Waals surface area contributed by atoms with E-state index < -0.39 is 0 Å². The standard InChI is InChI=1S/C21H25FN2O2/c1-4-16-7-6-8-17(5-2)20(16)24(15(3)25)14-13-23-21(26)18-9-11-19(22)12-10-18/h6-12H,4-5,13-14H2,1-3H3,(H,23,26). The first-order valence-electron chi connectivity index (χ1n) is 8.90. The van der Waals surface area contributed by atoms with Crippen LogP contribution < -0.4 is 10.2 Å². The number of carbonyl (C=O) groups is 2. The second kappa shape index (κ2) is 9.13. The van der Waals surface area contributed by atoms with Gasteiger partial charge in [-0.05, 0) is 48.2 Å². The van der Waals surface area contributed by atoms with Gasteiger partial charge in [0.05, 0.1) is 5.69 Å². The molecule has 0 heterocycles. The average Bonchev–Trinajstić information content (AvgIpc) is 2.64. The van der Waals surface area contributed by atoms with Gasteiger partial charge in [-0.25, -0.2) is 4.39 Å². The number of carbonyl (C=O) groups excluding carboxylic acids is 2. The van der Waals surface area contributed by atoms with E-state index in [1.54, 1.807) is 4.90 Å². The van der Waals surface area contributed by atoms with Crippen molar-refractivity contribution >= 4 is 17.5 Å². The Morgan fingerprint density at radius 2 is 1.58 bits per heavy atom. The molecule has 5 heteroatoms. The van der Waals surface area contributed by atoms with Crippen molar-refractivity contribution in [3.05, 3.63) is 65.0 Å². The number of hydrogen-bond donors (Lipinski definition) is 1. The normalized spacial score (nSPS) is 10.5. The lowest BCUT2D eigenvalue weighted by atomic mass is 10.0. The molecular formula is C21H25FN2O2. The smallest absolute Gasteiger partial charge is 0.251 e. The quantitative estimate of drug-likeness (QED) is 0.822. The van der Waals surface area contributed by atoms with Crippen LogP contribution in [0.15, 0.2) is 42.5 Å². The Labute approximate surface area is 154 Å². The molecule has 0 saturated carbocycles. The van der Waals surface area contributed by atoms with Crippen molar-refractivity contribution in [2.75, 3.05) is 18.0 Å². The Hall–Kier alpha value is -2.69. The third-order valence-electron chi connectivity index (χ3n) is 4.34. The maximum absolute atomic E-state index is 13.0. The largest absolute Gasteiger partial charge is 0.350 e. The number of benzene rings is 2. The van der Waals surface area contributed by atoms with Gasteiger partial charge in [0.2, 0.25) is 5.91 Å². The van der Waals surface area contributed by atoms with Gasteiger partial charge in [-0.2, -0.15) is 0 Å². The molecule has 2 aromatic rings. The highest BCUT2D eigenvalue weighted by atomic mass is 19.1. The zero-order chi connectivity index (χ0) is 19.1. The Bertz CT molecular complexity index is 750. The van der Waals surface area contributed by atoms with Gasteiger partial charge in [-0.3, -0.25) is 9.59 Å². The number of nitrogens with zero attached hydrogens (tertiary/aromatic N) is 1. The first kappa shape index (κ1) is 19.6. The number of aryl methyl sites for hydroxylation is 2. The summed E-state index contributed by atoms with van der Waals surface area (Å²) < 4.78 is 13.0. The molecule has 0 bridgehead atoms. The van der Waals surface area contributed by atoms with Crippen molar-refractivity contribution in [1.82, 2.24) is 5.32 Å². The number of amides is 2. The summed E-state index contributed by atoms with van der Waals surface area (Å²) in [6, 6.07) is 11.5. The minimum absolute atomic E-state index is 0.0587. The molecule has 4 nitrogen and oxygen atoms in total. The van der Waals surface area contributed by atoms with E-state index in [0.717, 1.165) is 29.7 Å². The first-order valence-corrected chi connectivity index (χ1v) is 8.90. The van der Waals surface area contributed by atoms with Gasteiger partial charge in [-0.1, -0.05) is 32.0 Å². The van der Waals surface area contributed by atoms with Crippen molar-refractivity contribution < 1.29 is 14.0 Å². The van der Waals surface area contributed by atoms with Gasteiger partial charge in [0.15, 0.2) is 0 Å². The van der Waals surface area contributed by atoms with E-state index in [4.69, 9.17) is 0 Å². The number of hydrogen-bond acceptors (Lipinski definition) is 2. The molecule has 0 aromatic heterocycles. The Morgan fingerprint density at radius 1 is 1.00 bits per heavy atom. The van der Waals surface area contributed by atoms with Crippen LogP contribution in [0.25, 0.3) is 0 Å². The number of para-hydroxylation sites is 1. The highest BCUT2D eigenvalue weighted by molar-refractivity contribution is 5.95. The maximum Gasteiger partial charge on any atom is 0.251 e. The molecule has 2 amide bonds. The maximum atomic E-state index is 13.0. The zero-order valence-corrected chi connectivity index (χ0v) is 15.5. The lowest BCUT2D eigenvalue weighted by molar-refractivity contribution is -0.116. The fourth-order valence-electron chi connectivity index (χ4n) is 2.97. The zero-order valence-electron chi connectivity index (χ0n) is 15.5. The minimum atomic E-state index is -0.382. The Morgan fingerprint density at radius 3 is 2.08 bits per heavy atom. The summed E-state index contributed by atoms with van der Waals surface area (Å²) in [7, 11) is 0. The molecule has 2 rings (SSSR count). The molecule has 0 radical (unpaired) electrons. The van der Waals surface area contributed by atoms with Crippen LogP contribution in [-0.2, 0) is 17.6 Å². The highest BCUT2D eigenvalue weighted by Crippen LogP contribution is 2.27. The number of nitrogens with one attached hydrogen (secondary N) is 1. The minimum Gasteiger partial charge on any atom is -0.350 e. The van der Waals surface area contributed by atoms with Crippen molar-refractivity contribution in [3.63, 3.8) is 0 Å². The van der Waals surface area contributed by atoms with Crippen LogP contribution in [0.4, 0.5) is 10.1 Å². The number of anilines is 1. The Balaban J connectivity index is 2.11. The van der Waals surface area contributed by atoms with E-state index in [0.29, 0.717) is 18.7 Å². The molecule has 2 aromatic carbocycles. The first-order chi connectivity index (χ1) is 12.5. The van der Waals surface area contributed by atoms with E-state index in [1.807, 2.05) is 18.2 Å². The molecule has 0 aliphatic carbocycles. The van der Waals surface area contributed by atoms with Gasteiger partial charge in [0.1, 0.15) is 5.82 Å². The van der Waals surface area contributed by atoms with Crippen LogP contribution in [0.2, 0.25) is 0 Å². The second-order valence-corrected chi connectivity index (χ2v) is 6.07. The van der Waals surface area contributed by atoms with Gasteiger partial charge in [0.25, 0.3) is 5.91 Å². The third-order valence-corrected chi connectivity index (χ3v) is 4.34. The van der Waals surface area contributed by atoms with Gasteiger partial charge in [-0.15, -0.1) is 0 Å². The number of halogens is 1. The monoisotopic (exact) mass is 356 g/mol. The summed E-state index contributed by atoms with van der Waals surface area (Å²) in [6.07, 6.45) is 1.66. The fraction of sp³-hybridized carbons (Fsp3) is 0.333. The summed E-state index contributed by atoms with van der Waals surface area (Å²) in [5.41, 5.74) is 3.57. The average molecular weight is 356 g/mol. The van der Waals surface area contributed by atoms with Crippen LogP contribution >= 0.6 is 0 Å². The van der Waals surface area contributed by atoms with Crippen molar-refractivity contribution in [1.29, 1.82) is 0 Å². The SMILES string of the molecule is CCc1cccc(CC)c1N(CCNC(=O)c1ccc(F)cc1)C(C)=O. The molecule has 0 unspecified atom stereocenters. The van der Waals surface area contributed by atoms with E-state index in [-0.39, 0.29) is 17.6 Å². The summed E-state index contributed by atoms with van der Waals surface area (Å²) in [5, 5.41) is 2.79. The van der Waals surface area contributed by atoms with Gasteiger partial charge < -0.3 is 10.2 Å². The van der Waals surface area contributed by atoms with Crippen LogP contribution in [0.3, 0.4) is 0 Å². The van der Waals surface area contributed by atoms with E-state index in [2.05, 4.69) is 19.2 Å². The predicted octanol–water partition coefficient (Wildman–Crippen LogP) is 3.73. The molecule has 1 N–H and O–H groups in total. The molecule has 0 aliphatic rings. The van der Waals surface area contributed by atoms with Crippen LogP contribution in [0.5, 0.6) is 0 Å². The molecule has 26 heavy (non-hydrogen) atoms. The molecular weight excluding hydrogens is 331 g/mol. The van der Waals surface area contributed by atoms with E-state index in [9.17, 15) is 14.0 Å². The third kappa shape index (κ3) is 4.69. The lowest BCUT2D eigenvalue weighted by Gasteiger charge is -2.26. The van der Waals surface area contributed by atoms with Crippen LogP contribution in [-0.4, -0.2) is 24.9 Å². The summed E-state index contributed by atoms with van der Waals surface area (Å²) in [4.78, 5) is 26.1. The topological polar surface area (TPSA) is 49.4 Å². The van der Waals surface area contributed by atoms with Crippen molar-refractivity contribution in [2.45, 2.75) is 33.6 Å². The second-order valence-electron chi connectivity index (χ2n) is 6.07. The lowest BCUT2D eigenvalue weighted by Crippen LogP contribution is -2.38. The summed E-state index contributed by atoms with van der Waals surface area (Å²) in [5.74, 6) is -0.725. The predicted molar refractivity (Wildman–Crippen MR) is 102 cm³/mol. The molecule has 0 spiro atoms. The van der Waals surface area contributed by atoms with Crippen molar-refractivity contribution in [2.24, 2.45) is 0 Å². The summed E-state index contributed by atoms with van der Waals surface area (Å²) in [6.45, 7) is 6.36. The highest BCUT2D eigenvalue weighted by Gasteiger charge is 2.18. The molecule has 0 fully saturated rings. The van der Waals surface area contributed by atoms with Crippen LogP contribution in [0, 0.1) is 5.82 Å². The van der Waals surface area contributed by atoms with Gasteiger partial charge in [0, 0.05) is 25.6 Å². The van der Waals surface area contributed by atoms with E-state index >= 15 is 0 Å². The van der Waals surface area contributed by atoms with Gasteiger partial charge >= 0.3 is 0 Å². The summed E-state index contributed by atoms with van der Waals surface area (Å²) >= 11 is 0. The fourth-order valence-corrected chi connectivity index (χ4v) is 2.97. The van der Waals surface area contributed by atoms with Crippen molar-refractivity contribution in [3.8, 4) is 0 Å². The van der Waals surface area contributed by atoms with E-state index in [1.165, 1.54) is 31.2 Å². The molecule has 0 atom stereocenters.